The highest BCUT2D eigenvalue weighted by Crippen LogP contribution is 2.30. The van der Waals surface area contributed by atoms with Gasteiger partial charge in [-0.1, -0.05) is 30.3 Å². The molecule has 0 saturated heterocycles. The number of nitrogens with zero attached hydrogens (tertiary/aromatic N) is 1. The smallest absolute Gasteiger partial charge is 0.347 e. The standard InChI is InChI=1S/C27H27N3O6/c1-16-9-8-10-17(2)24(16)28-25(31)26(32)30-29-18(3)19-13-14-22(23(15-19)35-5)36-27(33)20-11-6-7-12-21(20)34-4/h6-15H,1-5H3,(H,28,31)(H,30,32)/b29-18+. The molecule has 0 aliphatic rings. The van der Waals surface area contributed by atoms with Crippen molar-refractivity contribution in [3.8, 4) is 17.2 Å². The third-order valence-electron chi connectivity index (χ3n) is 5.36. The van der Waals surface area contributed by atoms with Gasteiger partial charge in [0.1, 0.15) is 11.3 Å². The van der Waals surface area contributed by atoms with E-state index in [0.29, 0.717) is 22.7 Å². The molecule has 0 unspecified atom stereocenters. The van der Waals surface area contributed by atoms with E-state index in [9.17, 15) is 14.4 Å². The largest absolute Gasteiger partial charge is 0.496 e. The van der Waals surface area contributed by atoms with Gasteiger partial charge in [-0.3, -0.25) is 9.59 Å². The van der Waals surface area contributed by atoms with Gasteiger partial charge in [0.15, 0.2) is 11.5 Å². The lowest BCUT2D eigenvalue weighted by Gasteiger charge is -2.12. The predicted octanol–water partition coefficient (Wildman–Crippen LogP) is 4.02. The Morgan fingerprint density at radius 3 is 2.11 bits per heavy atom. The van der Waals surface area contributed by atoms with E-state index in [1.54, 1.807) is 49.4 Å². The Bertz CT molecular complexity index is 1310. The lowest BCUT2D eigenvalue weighted by Crippen LogP contribution is -2.33. The molecule has 9 heteroatoms. The number of benzene rings is 3. The van der Waals surface area contributed by atoms with Crippen molar-refractivity contribution in [3.05, 3.63) is 82.9 Å². The van der Waals surface area contributed by atoms with Gasteiger partial charge in [0.05, 0.1) is 19.9 Å². The third-order valence-corrected chi connectivity index (χ3v) is 5.36. The Morgan fingerprint density at radius 2 is 1.44 bits per heavy atom. The van der Waals surface area contributed by atoms with Gasteiger partial charge in [0, 0.05) is 11.3 Å². The number of hydrogen-bond donors (Lipinski definition) is 2. The fourth-order valence-corrected chi connectivity index (χ4v) is 3.38. The predicted molar refractivity (Wildman–Crippen MR) is 136 cm³/mol. The van der Waals surface area contributed by atoms with Crippen LogP contribution in [0.5, 0.6) is 17.2 Å². The summed E-state index contributed by atoms with van der Waals surface area (Å²) in [5.74, 6) is -1.48. The average molecular weight is 490 g/mol. The molecule has 0 saturated carbocycles. The van der Waals surface area contributed by atoms with E-state index in [1.807, 2.05) is 32.0 Å². The highest BCUT2D eigenvalue weighted by Gasteiger charge is 2.18. The van der Waals surface area contributed by atoms with Crippen LogP contribution >= 0.6 is 0 Å². The van der Waals surface area contributed by atoms with Gasteiger partial charge in [-0.15, -0.1) is 0 Å². The Hall–Kier alpha value is -4.66. The molecule has 0 aliphatic carbocycles. The van der Waals surface area contributed by atoms with Gasteiger partial charge >= 0.3 is 17.8 Å². The van der Waals surface area contributed by atoms with Crippen molar-refractivity contribution in [1.29, 1.82) is 0 Å². The lowest BCUT2D eigenvalue weighted by molar-refractivity contribution is -0.136. The van der Waals surface area contributed by atoms with Gasteiger partial charge in [0.2, 0.25) is 0 Å². The number of anilines is 1. The maximum absolute atomic E-state index is 12.6. The van der Waals surface area contributed by atoms with Gasteiger partial charge in [0.25, 0.3) is 0 Å². The van der Waals surface area contributed by atoms with Crippen LogP contribution in [0.25, 0.3) is 0 Å². The summed E-state index contributed by atoms with van der Waals surface area (Å²) in [6.45, 7) is 5.33. The van der Waals surface area contributed by atoms with Gasteiger partial charge in [-0.2, -0.15) is 5.10 Å². The average Bonchev–Trinajstić information content (AvgIpc) is 2.89. The number of amides is 2. The minimum atomic E-state index is -0.911. The van der Waals surface area contributed by atoms with E-state index in [1.165, 1.54) is 14.2 Å². The normalized spacial score (nSPS) is 10.9. The SMILES string of the molecule is COc1cc(/C(C)=N/NC(=O)C(=O)Nc2c(C)cccc2C)ccc1OC(=O)c1ccccc1OC. The first-order chi connectivity index (χ1) is 17.2. The zero-order valence-corrected chi connectivity index (χ0v) is 20.7. The number of rotatable bonds is 7. The molecule has 0 atom stereocenters. The summed E-state index contributed by atoms with van der Waals surface area (Å²) in [7, 11) is 2.90. The third kappa shape index (κ3) is 6.06. The molecule has 3 rings (SSSR count). The molecule has 0 heterocycles. The van der Waals surface area contributed by atoms with E-state index in [-0.39, 0.29) is 17.1 Å². The van der Waals surface area contributed by atoms with E-state index < -0.39 is 17.8 Å². The quantitative estimate of drug-likeness (QED) is 0.170. The number of methoxy groups -OCH3 is 2. The summed E-state index contributed by atoms with van der Waals surface area (Å²) in [5, 5.41) is 6.62. The van der Waals surface area contributed by atoms with Crippen LogP contribution in [0.4, 0.5) is 5.69 Å². The second-order valence-electron chi connectivity index (χ2n) is 7.81. The van der Waals surface area contributed by atoms with Crippen LogP contribution in [0.2, 0.25) is 0 Å². The number of hydrazone groups is 1. The molecule has 36 heavy (non-hydrogen) atoms. The fraction of sp³-hybridized carbons (Fsp3) is 0.185. The van der Waals surface area contributed by atoms with Crippen molar-refractivity contribution < 1.29 is 28.6 Å². The molecule has 0 bridgehead atoms. The highest BCUT2D eigenvalue weighted by molar-refractivity contribution is 6.39. The van der Waals surface area contributed by atoms with Crippen LogP contribution < -0.4 is 25.0 Å². The van der Waals surface area contributed by atoms with Crippen LogP contribution in [-0.4, -0.2) is 37.7 Å². The molecule has 2 N–H and O–H groups in total. The number of hydrogen-bond acceptors (Lipinski definition) is 7. The van der Waals surface area contributed by atoms with Crippen molar-refractivity contribution in [2.24, 2.45) is 5.10 Å². The molecule has 0 aromatic heterocycles. The number of carbonyl (C=O) groups is 3. The summed E-state index contributed by atoms with van der Waals surface area (Å²) in [6.07, 6.45) is 0. The van der Waals surface area contributed by atoms with E-state index in [2.05, 4.69) is 15.8 Å². The van der Waals surface area contributed by atoms with Gasteiger partial charge in [-0.25, -0.2) is 10.2 Å². The molecule has 3 aromatic rings. The molecule has 0 aliphatic heterocycles. The van der Waals surface area contributed by atoms with Crippen LogP contribution in [-0.2, 0) is 9.59 Å². The maximum Gasteiger partial charge on any atom is 0.347 e. The number of carbonyl (C=O) groups excluding carboxylic acids is 3. The van der Waals surface area contributed by atoms with Crippen molar-refractivity contribution in [1.82, 2.24) is 5.43 Å². The first kappa shape index (κ1) is 26.0. The molecule has 9 nitrogen and oxygen atoms in total. The Morgan fingerprint density at radius 1 is 0.778 bits per heavy atom. The number of esters is 1. The second kappa shape index (κ2) is 11.7. The first-order valence-electron chi connectivity index (χ1n) is 11.0. The van der Waals surface area contributed by atoms with Crippen molar-refractivity contribution >= 4 is 29.2 Å². The van der Waals surface area contributed by atoms with Crippen LogP contribution in [0.1, 0.15) is 34.0 Å². The van der Waals surface area contributed by atoms with Crippen molar-refractivity contribution in [3.63, 3.8) is 0 Å². The summed E-state index contributed by atoms with van der Waals surface area (Å²) in [4.78, 5) is 37.2. The Balaban J connectivity index is 1.70. The molecule has 0 radical (unpaired) electrons. The summed E-state index contributed by atoms with van der Waals surface area (Å²) < 4.78 is 16.1. The van der Waals surface area contributed by atoms with Crippen LogP contribution in [0.15, 0.2) is 65.8 Å². The first-order valence-corrected chi connectivity index (χ1v) is 11.0. The van der Waals surface area contributed by atoms with Crippen LogP contribution in [0.3, 0.4) is 0 Å². The number of ether oxygens (including phenoxy) is 3. The highest BCUT2D eigenvalue weighted by atomic mass is 16.6. The molecule has 0 spiro atoms. The van der Waals surface area contributed by atoms with E-state index in [4.69, 9.17) is 14.2 Å². The van der Waals surface area contributed by atoms with Gasteiger partial charge in [-0.05, 0) is 62.2 Å². The zero-order chi connectivity index (χ0) is 26.2. The molecule has 186 valence electrons. The van der Waals surface area contributed by atoms with E-state index >= 15 is 0 Å². The lowest BCUT2D eigenvalue weighted by atomic mass is 10.1. The number of nitrogens with one attached hydrogen (secondary N) is 2. The van der Waals surface area contributed by atoms with Crippen molar-refractivity contribution in [2.75, 3.05) is 19.5 Å². The number of aryl methyl sites for hydroxylation is 2. The summed E-state index contributed by atoms with van der Waals surface area (Å²) >= 11 is 0. The Labute approximate surface area is 209 Å². The molecule has 0 fully saturated rings. The van der Waals surface area contributed by atoms with Gasteiger partial charge < -0.3 is 19.5 Å². The van der Waals surface area contributed by atoms with Crippen LogP contribution in [0, 0.1) is 13.8 Å². The minimum absolute atomic E-state index is 0.196. The van der Waals surface area contributed by atoms with Crippen molar-refractivity contribution in [2.45, 2.75) is 20.8 Å². The molecular weight excluding hydrogens is 462 g/mol. The summed E-state index contributed by atoms with van der Waals surface area (Å²) in [5.41, 5.74) is 5.78. The van der Waals surface area contributed by atoms with E-state index in [0.717, 1.165) is 11.1 Å². The Kier molecular flexibility index (Phi) is 8.40. The minimum Gasteiger partial charge on any atom is -0.496 e. The maximum atomic E-state index is 12.6. The zero-order valence-electron chi connectivity index (χ0n) is 20.7. The number of para-hydroxylation sites is 2. The molecular formula is C27H27N3O6. The topological polar surface area (TPSA) is 115 Å². The second-order valence-corrected chi connectivity index (χ2v) is 7.81. The summed E-state index contributed by atoms with van der Waals surface area (Å²) in [6, 6.07) is 17.1. The monoisotopic (exact) mass is 489 g/mol. The molecule has 3 aromatic carbocycles. The fourth-order valence-electron chi connectivity index (χ4n) is 3.38. The molecule has 2 amide bonds.